The summed E-state index contributed by atoms with van der Waals surface area (Å²) in [5.74, 6) is 0.196. The third-order valence-corrected chi connectivity index (χ3v) is 5.16. The van der Waals surface area contributed by atoms with E-state index >= 15 is 0 Å². The average Bonchev–Trinajstić information content (AvgIpc) is 2.70. The first-order chi connectivity index (χ1) is 12.8. The summed E-state index contributed by atoms with van der Waals surface area (Å²) in [6.45, 7) is 2.85. The van der Waals surface area contributed by atoms with Gasteiger partial charge in [-0.3, -0.25) is 14.7 Å². The number of fused-ring (bicyclic) bond motifs is 1. The molecule has 1 saturated heterocycles. The second kappa shape index (κ2) is 7.67. The van der Waals surface area contributed by atoms with Crippen molar-refractivity contribution in [2.45, 2.75) is 19.4 Å². The molecule has 3 aromatic rings. The number of hydrogen-bond acceptors (Lipinski definition) is 3. The molecule has 4 nitrogen and oxygen atoms in total. The molecule has 4 rings (SSSR count). The van der Waals surface area contributed by atoms with Gasteiger partial charge in [0.25, 0.3) is 0 Å². The largest absolute Gasteiger partial charge is 0.324 e. The maximum absolute atomic E-state index is 12.4. The molecule has 1 aliphatic rings. The normalized spacial score (nSPS) is 15.8. The molecule has 0 radical (unpaired) electrons. The molecule has 0 aliphatic carbocycles. The molecule has 0 saturated carbocycles. The van der Waals surface area contributed by atoms with Crippen molar-refractivity contribution < 1.29 is 4.79 Å². The van der Waals surface area contributed by atoms with Crippen molar-refractivity contribution >= 4 is 22.4 Å². The molecular formula is C22H23N3O. The lowest BCUT2D eigenvalue weighted by Gasteiger charge is -2.31. The molecular weight excluding hydrogens is 322 g/mol. The van der Waals surface area contributed by atoms with Gasteiger partial charge in [-0.15, -0.1) is 0 Å². The SMILES string of the molecule is O=C(Nc1cccnc1)C1CCN(Cc2cccc3ccccc23)CC1. The molecule has 2 aromatic carbocycles. The Kier molecular flexibility index (Phi) is 4.93. The minimum Gasteiger partial charge on any atom is -0.324 e. The lowest BCUT2D eigenvalue weighted by molar-refractivity contribution is -0.121. The molecule has 1 fully saturated rings. The summed E-state index contributed by atoms with van der Waals surface area (Å²) in [6, 6.07) is 18.7. The first-order valence-corrected chi connectivity index (χ1v) is 9.19. The van der Waals surface area contributed by atoms with Crippen LogP contribution < -0.4 is 5.32 Å². The highest BCUT2D eigenvalue weighted by atomic mass is 16.1. The van der Waals surface area contributed by atoms with Crippen LogP contribution in [-0.4, -0.2) is 28.9 Å². The van der Waals surface area contributed by atoms with Crippen molar-refractivity contribution in [3.8, 4) is 0 Å². The fraction of sp³-hybridized carbons (Fsp3) is 0.273. The van der Waals surface area contributed by atoms with Gasteiger partial charge in [-0.2, -0.15) is 0 Å². The highest BCUT2D eigenvalue weighted by Crippen LogP contribution is 2.24. The fourth-order valence-electron chi connectivity index (χ4n) is 3.71. The van der Waals surface area contributed by atoms with Crippen molar-refractivity contribution in [3.05, 3.63) is 72.6 Å². The van der Waals surface area contributed by atoms with Gasteiger partial charge < -0.3 is 5.32 Å². The van der Waals surface area contributed by atoms with Gasteiger partial charge in [0.2, 0.25) is 5.91 Å². The summed E-state index contributed by atoms with van der Waals surface area (Å²) >= 11 is 0. The number of piperidine rings is 1. The lowest BCUT2D eigenvalue weighted by Crippen LogP contribution is -2.37. The molecule has 1 aromatic heterocycles. The predicted octanol–water partition coefficient (Wildman–Crippen LogP) is 4.09. The molecule has 0 atom stereocenters. The van der Waals surface area contributed by atoms with Crippen LogP contribution in [0.3, 0.4) is 0 Å². The second-order valence-corrected chi connectivity index (χ2v) is 6.92. The Morgan fingerprint density at radius 1 is 1.04 bits per heavy atom. The summed E-state index contributed by atoms with van der Waals surface area (Å²) in [6.07, 6.45) is 5.20. The molecule has 0 spiro atoms. The van der Waals surface area contributed by atoms with Crippen LogP contribution in [-0.2, 0) is 11.3 Å². The Morgan fingerprint density at radius 3 is 2.65 bits per heavy atom. The van der Waals surface area contributed by atoms with Crippen LogP contribution in [0, 0.1) is 5.92 Å². The molecule has 0 bridgehead atoms. The Morgan fingerprint density at radius 2 is 1.85 bits per heavy atom. The summed E-state index contributed by atoms with van der Waals surface area (Å²) in [4.78, 5) is 18.9. The highest BCUT2D eigenvalue weighted by molar-refractivity contribution is 5.92. The Balaban J connectivity index is 1.35. The summed E-state index contributed by atoms with van der Waals surface area (Å²) in [7, 11) is 0. The van der Waals surface area contributed by atoms with Gasteiger partial charge in [0, 0.05) is 18.7 Å². The zero-order valence-electron chi connectivity index (χ0n) is 14.8. The number of amides is 1. The van der Waals surface area contributed by atoms with Crippen LogP contribution in [0.4, 0.5) is 5.69 Å². The molecule has 1 amide bonds. The van der Waals surface area contributed by atoms with E-state index in [1.807, 2.05) is 12.1 Å². The van der Waals surface area contributed by atoms with Crippen LogP contribution in [0.2, 0.25) is 0 Å². The molecule has 1 aliphatic heterocycles. The molecule has 132 valence electrons. The van der Waals surface area contributed by atoms with E-state index in [-0.39, 0.29) is 11.8 Å². The minimum atomic E-state index is 0.0824. The number of hydrogen-bond donors (Lipinski definition) is 1. The maximum atomic E-state index is 12.4. The quantitative estimate of drug-likeness (QED) is 0.775. The van der Waals surface area contributed by atoms with E-state index < -0.39 is 0 Å². The van der Waals surface area contributed by atoms with Crippen LogP contribution in [0.1, 0.15) is 18.4 Å². The van der Waals surface area contributed by atoms with E-state index in [2.05, 4.69) is 57.7 Å². The number of benzene rings is 2. The van der Waals surface area contributed by atoms with Crippen LogP contribution >= 0.6 is 0 Å². The minimum absolute atomic E-state index is 0.0824. The Hall–Kier alpha value is -2.72. The van der Waals surface area contributed by atoms with Crippen LogP contribution in [0.15, 0.2) is 67.0 Å². The average molecular weight is 345 g/mol. The molecule has 2 heterocycles. The van der Waals surface area contributed by atoms with Gasteiger partial charge in [-0.25, -0.2) is 0 Å². The highest BCUT2D eigenvalue weighted by Gasteiger charge is 2.25. The first kappa shape index (κ1) is 16.7. The number of carbonyl (C=O) groups excluding carboxylic acids is 1. The zero-order chi connectivity index (χ0) is 17.8. The smallest absolute Gasteiger partial charge is 0.227 e. The van der Waals surface area contributed by atoms with Gasteiger partial charge >= 0.3 is 0 Å². The van der Waals surface area contributed by atoms with Gasteiger partial charge in [-0.1, -0.05) is 42.5 Å². The van der Waals surface area contributed by atoms with Crippen LogP contribution in [0.25, 0.3) is 10.8 Å². The van der Waals surface area contributed by atoms with E-state index in [1.54, 1.807) is 12.4 Å². The standard InChI is InChI=1S/C22H23N3O/c26-22(24-20-8-4-12-23-15-20)18-10-13-25(14-11-18)16-19-7-3-6-17-5-1-2-9-21(17)19/h1-9,12,15,18H,10-11,13-14,16H2,(H,24,26). The van der Waals surface area contributed by atoms with Crippen molar-refractivity contribution in [3.63, 3.8) is 0 Å². The number of nitrogens with one attached hydrogen (secondary N) is 1. The topological polar surface area (TPSA) is 45.2 Å². The number of pyridine rings is 1. The fourth-order valence-corrected chi connectivity index (χ4v) is 3.71. The van der Waals surface area contributed by atoms with Gasteiger partial charge in [-0.05, 0) is 54.4 Å². The number of anilines is 1. The number of rotatable bonds is 4. The molecule has 1 N–H and O–H groups in total. The van der Waals surface area contributed by atoms with E-state index in [4.69, 9.17) is 0 Å². The molecule has 4 heteroatoms. The van der Waals surface area contributed by atoms with Gasteiger partial charge in [0.05, 0.1) is 11.9 Å². The van der Waals surface area contributed by atoms with Crippen LogP contribution in [0.5, 0.6) is 0 Å². The summed E-state index contributed by atoms with van der Waals surface area (Å²) in [5, 5.41) is 5.59. The zero-order valence-corrected chi connectivity index (χ0v) is 14.8. The van der Waals surface area contributed by atoms with E-state index in [1.165, 1.54) is 16.3 Å². The Labute approximate surface area is 153 Å². The number of aromatic nitrogens is 1. The number of nitrogens with zero attached hydrogens (tertiary/aromatic N) is 2. The predicted molar refractivity (Wildman–Crippen MR) is 105 cm³/mol. The van der Waals surface area contributed by atoms with Crippen molar-refractivity contribution in [1.82, 2.24) is 9.88 Å². The maximum Gasteiger partial charge on any atom is 0.227 e. The lowest BCUT2D eigenvalue weighted by atomic mass is 9.95. The number of likely N-dealkylation sites (tertiary alicyclic amines) is 1. The van der Waals surface area contributed by atoms with Crippen molar-refractivity contribution in [2.75, 3.05) is 18.4 Å². The summed E-state index contributed by atoms with van der Waals surface area (Å²) < 4.78 is 0. The van der Waals surface area contributed by atoms with Crippen molar-refractivity contribution in [2.24, 2.45) is 5.92 Å². The van der Waals surface area contributed by atoms with Gasteiger partial charge in [0.1, 0.15) is 0 Å². The third kappa shape index (κ3) is 3.75. The second-order valence-electron chi connectivity index (χ2n) is 6.92. The van der Waals surface area contributed by atoms with E-state index in [0.717, 1.165) is 38.2 Å². The third-order valence-electron chi connectivity index (χ3n) is 5.16. The number of carbonyl (C=O) groups is 1. The Bertz CT molecular complexity index is 881. The van der Waals surface area contributed by atoms with Gasteiger partial charge in [0.15, 0.2) is 0 Å². The first-order valence-electron chi connectivity index (χ1n) is 9.19. The molecule has 26 heavy (non-hydrogen) atoms. The molecule has 0 unspecified atom stereocenters. The van der Waals surface area contributed by atoms with E-state index in [0.29, 0.717) is 0 Å². The van der Waals surface area contributed by atoms with Crippen molar-refractivity contribution in [1.29, 1.82) is 0 Å². The van der Waals surface area contributed by atoms with E-state index in [9.17, 15) is 4.79 Å². The summed E-state index contributed by atoms with van der Waals surface area (Å²) in [5.41, 5.74) is 2.14. The monoisotopic (exact) mass is 345 g/mol.